The summed E-state index contributed by atoms with van der Waals surface area (Å²) >= 11 is 0. The van der Waals surface area contributed by atoms with Gasteiger partial charge in [0.15, 0.2) is 5.82 Å². The van der Waals surface area contributed by atoms with E-state index in [1.165, 1.54) is 0 Å². The van der Waals surface area contributed by atoms with Crippen molar-refractivity contribution in [3.05, 3.63) is 35.4 Å². The summed E-state index contributed by atoms with van der Waals surface area (Å²) in [7, 11) is 1.93. The van der Waals surface area contributed by atoms with Gasteiger partial charge in [0.2, 0.25) is 0 Å². The number of benzene rings is 1. The fourth-order valence-corrected chi connectivity index (χ4v) is 4.46. The lowest BCUT2D eigenvalue weighted by Gasteiger charge is -2.34. The van der Waals surface area contributed by atoms with Gasteiger partial charge in [0.1, 0.15) is 17.6 Å². The molecule has 0 bridgehead atoms. The highest BCUT2D eigenvalue weighted by Crippen LogP contribution is 2.49. The van der Waals surface area contributed by atoms with Gasteiger partial charge in [-0.2, -0.15) is 0 Å². The Labute approximate surface area is 163 Å². The largest absolute Gasteiger partial charge is 0.507 e. The summed E-state index contributed by atoms with van der Waals surface area (Å²) in [5, 5.41) is 22.7. The van der Waals surface area contributed by atoms with E-state index in [0.29, 0.717) is 31.0 Å². The summed E-state index contributed by atoms with van der Waals surface area (Å²) in [5.41, 5.74) is 3.40. The molecule has 1 aromatic heterocycles. The number of aromatic hydroxyl groups is 1. The number of nitrogens with zero attached hydrogens (tertiary/aromatic N) is 3. The number of phenols is 1. The first-order valence-corrected chi connectivity index (χ1v) is 9.93. The van der Waals surface area contributed by atoms with E-state index in [1.54, 1.807) is 12.1 Å². The Morgan fingerprint density at radius 3 is 2.79 bits per heavy atom. The second-order valence-electron chi connectivity index (χ2n) is 8.42. The van der Waals surface area contributed by atoms with Gasteiger partial charge in [-0.25, -0.2) is 4.39 Å². The van der Waals surface area contributed by atoms with E-state index in [1.807, 2.05) is 24.1 Å². The molecule has 0 unspecified atom stereocenters. The van der Waals surface area contributed by atoms with Crippen LogP contribution in [-0.2, 0) is 17.8 Å². The number of para-hydroxylation sites is 1. The lowest BCUT2D eigenvalue weighted by Crippen LogP contribution is -2.45. The van der Waals surface area contributed by atoms with Gasteiger partial charge in [0, 0.05) is 43.1 Å². The monoisotopic (exact) mass is 384 g/mol. The van der Waals surface area contributed by atoms with E-state index < -0.39 is 6.17 Å². The van der Waals surface area contributed by atoms with Crippen molar-refractivity contribution < 1.29 is 14.2 Å². The maximum atomic E-state index is 14.0. The average Bonchev–Trinajstić information content (AvgIpc) is 3.40. The highest BCUT2D eigenvalue weighted by Gasteiger charge is 2.48. The lowest BCUT2D eigenvalue weighted by atomic mass is 9.93. The number of halogens is 1. The minimum absolute atomic E-state index is 0.0139. The molecule has 2 fully saturated rings. The Morgan fingerprint density at radius 1 is 1.21 bits per heavy atom. The van der Waals surface area contributed by atoms with Crippen LogP contribution in [0.15, 0.2) is 24.3 Å². The molecule has 1 spiro atoms. The van der Waals surface area contributed by atoms with Gasteiger partial charge in [-0.15, -0.1) is 10.2 Å². The minimum atomic E-state index is -0.841. The van der Waals surface area contributed by atoms with Crippen molar-refractivity contribution in [2.24, 2.45) is 0 Å². The molecule has 2 atom stereocenters. The van der Waals surface area contributed by atoms with Gasteiger partial charge in [0.05, 0.1) is 12.2 Å². The van der Waals surface area contributed by atoms with Gasteiger partial charge in [0.25, 0.3) is 0 Å². The highest BCUT2D eigenvalue weighted by molar-refractivity contribution is 5.72. The molecule has 1 saturated heterocycles. The molecule has 28 heavy (non-hydrogen) atoms. The van der Waals surface area contributed by atoms with Crippen LogP contribution in [0, 0.1) is 0 Å². The van der Waals surface area contributed by atoms with E-state index in [-0.39, 0.29) is 17.4 Å². The summed E-state index contributed by atoms with van der Waals surface area (Å²) in [5.74, 6) is 0.877. The summed E-state index contributed by atoms with van der Waals surface area (Å²) < 4.78 is 20.1. The number of ether oxygens (including phenoxy) is 1. The second-order valence-corrected chi connectivity index (χ2v) is 8.42. The van der Waals surface area contributed by atoms with E-state index in [2.05, 4.69) is 15.5 Å². The van der Waals surface area contributed by atoms with Crippen LogP contribution in [0.1, 0.15) is 30.4 Å². The standard InChI is InChI=1S/C21H25FN4O2/c1-26-10-13(22)8-14(11-26)23-20-17-12-28-21(6-7-21)9-16(17)19(24-25-20)15-4-2-3-5-18(15)27/h2-5,13-14,27H,6-12H2,1H3,(H,23,25)/t13-,14-/m1/s1. The molecule has 5 rings (SSSR count). The molecule has 7 heteroatoms. The Kier molecular flexibility index (Phi) is 4.25. The number of hydrogen-bond donors (Lipinski definition) is 2. The van der Waals surface area contributed by atoms with Crippen LogP contribution in [0.5, 0.6) is 5.75 Å². The molecule has 6 nitrogen and oxygen atoms in total. The molecule has 1 aliphatic carbocycles. The van der Waals surface area contributed by atoms with Crippen molar-refractivity contribution >= 4 is 5.82 Å². The number of anilines is 1. The topological polar surface area (TPSA) is 70.5 Å². The van der Waals surface area contributed by atoms with Crippen molar-refractivity contribution in [1.82, 2.24) is 15.1 Å². The number of rotatable bonds is 3. The fourth-order valence-electron chi connectivity index (χ4n) is 4.46. The third-order valence-electron chi connectivity index (χ3n) is 6.10. The zero-order valence-corrected chi connectivity index (χ0v) is 16.0. The first kappa shape index (κ1) is 17.8. The summed E-state index contributed by atoms with van der Waals surface area (Å²) in [4.78, 5) is 2.00. The lowest BCUT2D eigenvalue weighted by molar-refractivity contribution is 0.00829. The second kappa shape index (κ2) is 6.67. The zero-order valence-electron chi connectivity index (χ0n) is 16.0. The molecule has 3 aliphatic rings. The van der Waals surface area contributed by atoms with Crippen LogP contribution >= 0.6 is 0 Å². The zero-order chi connectivity index (χ0) is 19.3. The van der Waals surface area contributed by atoms with Gasteiger partial charge >= 0.3 is 0 Å². The molecule has 3 heterocycles. The molecule has 0 amide bonds. The molecule has 1 aromatic carbocycles. The smallest absolute Gasteiger partial charge is 0.154 e. The van der Waals surface area contributed by atoms with Crippen LogP contribution < -0.4 is 5.32 Å². The van der Waals surface area contributed by atoms with Crippen LogP contribution in [0.3, 0.4) is 0 Å². The number of phenolic OH excluding ortho intramolecular Hbond substituents is 1. The third kappa shape index (κ3) is 3.22. The molecule has 2 N–H and O–H groups in total. The van der Waals surface area contributed by atoms with Crippen molar-refractivity contribution in [2.45, 2.75) is 50.1 Å². The summed E-state index contributed by atoms with van der Waals surface area (Å²) in [6.45, 7) is 1.71. The summed E-state index contributed by atoms with van der Waals surface area (Å²) in [6, 6.07) is 7.21. The van der Waals surface area contributed by atoms with E-state index in [9.17, 15) is 9.50 Å². The maximum Gasteiger partial charge on any atom is 0.154 e. The highest BCUT2D eigenvalue weighted by atomic mass is 19.1. The molecule has 2 aliphatic heterocycles. The number of fused-ring (bicyclic) bond motifs is 1. The molecule has 2 aromatic rings. The Balaban J connectivity index is 1.52. The first-order chi connectivity index (χ1) is 13.5. The predicted octanol–water partition coefficient (Wildman–Crippen LogP) is 2.91. The van der Waals surface area contributed by atoms with Gasteiger partial charge in [-0.3, -0.25) is 0 Å². The van der Waals surface area contributed by atoms with Crippen molar-refractivity contribution in [3.8, 4) is 17.0 Å². The number of piperidine rings is 1. The number of alkyl halides is 1. The maximum absolute atomic E-state index is 14.0. The van der Waals surface area contributed by atoms with Crippen LogP contribution in [-0.4, -0.2) is 58.2 Å². The van der Waals surface area contributed by atoms with Gasteiger partial charge in [-0.05, 0) is 37.6 Å². The number of likely N-dealkylation sites (tertiary alicyclic amines) is 1. The Hall–Kier alpha value is -2.25. The van der Waals surface area contributed by atoms with Gasteiger partial charge < -0.3 is 20.1 Å². The predicted molar refractivity (Wildman–Crippen MR) is 104 cm³/mol. The van der Waals surface area contributed by atoms with Gasteiger partial charge in [-0.1, -0.05) is 12.1 Å². The van der Waals surface area contributed by atoms with E-state index in [4.69, 9.17) is 4.74 Å². The molecular formula is C21H25FN4O2. The summed E-state index contributed by atoms with van der Waals surface area (Å²) in [6.07, 6.45) is 2.49. The quantitative estimate of drug-likeness (QED) is 0.848. The molecular weight excluding hydrogens is 359 g/mol. The molecule has 1 saturated carbocycles. The van der Waals surface area contributed by atoms with E-state index >= 15 is 0 Å². The Morgan fingerprint density at radius 2 is 2.04 bits per heavy atom. The average molecular weight is 384 g/mol. The first-order valence-electron chi connectivity index (χ1n) is 9.93. The minimum Gasteiger partial charge on any atom is -0.507 e. The third-order valence-corrected chi connectivity index (χ3v) is 6.10. The van der Waals surface area contributed by atoms with Crippen molar-refractivity contribution in [1.29, 1.82) is 0 Å². The number of likely N-dealkylation sites (N-methyl/N-ethyl adjacent to an activating group) is 1. The fraction of sp³-hybridized carbons (Fsp3) is 0.524. The van der Waals surface area contributed by atoms with Crippen molar-refractivity contribution in [2.75, 3.05) is 25.5 Å². The van der Waals surface area contributed by atoms with Crippen LogP contribution in [0.4, 0.5) is 10.2 Å². The molecule has 148 valence electrons. The van der Waals surface area contributed by atoms with Crippen molar-refractivity contribution in [3.63, 3.8) is 0 Å². The Bertz CT molecular complexity index is 892. The van der Waals surface area contributed by atoms with Crippen LogP contribution in [0.25, 0.3) is 11.3 Å². The number of aromatic nitrogens is 2. The number of nitrogens with one attached hydrogen (secondary N) is 1. The SMILES string of the molecule is CN1C[C@H](F)C[C@@H](Nc2nnc(-c3ccccc3O)c3c2COC2(CC2)C3)C1. The van der Waals surface area contributed by atoms with Crippen LogP contribution in [0.2, 0.25) is 0 Å². The van der Waals surface area contributed by atoms with E-state index in [0.717, 1.165) is 42.6 Å². The number of hydrogen-bond acceptors (Lipinski definition) is 6. The normalized spacial score (nSPS) is 26.1. The molecule has 0 radical (unpaired) electrons.